The lowest BCUT2D eigenvalue weighted by Crippen LogP contribution is -1.78. The maximum atomic E-state index is 8.49. The SMILES string of the molecule is CC.N#Cc1cccc(CBr)c1. The van der Waals surface area contributed by atoms with Crippen LogP contribution in [0.2, 0.25) is 0 Å². The van der Waals surface area contributed by atoms with E-state index in [1.54, 1.807) is 6.07 Å². The van der Waals surface area contributed by atoms with Gasteiger partial charge in [-0.15, -0.1) is 0 Å². The summed E-state index contributed by atoms with van der Waals surface area (Å²) in [5.41, 5.74) is 1.86. The van der Waals surface area contributed by atoms with Crippen LogP contribution in [-0.2, 0) is 5.33 Å². The zero-order valence-electron chi connectivity index (χ0n) is 7.34. The Balaban J connectivity index is 0.000000561. The van der Waals surface area contributed by atoms with Crippen LogP contribution in [0.5, 0.6) is 0 Å². The van der Waals surface area contributed by atoms with E-state index in [-0.39, 0.29) is 0 Å². The lowest BCUT2D eigenvalue weighted by Gasteiger charge is -1.92. The maximum Gasteiger partial charge on any atom is 0.0991 e. The van der Waals surface area contributed by atoms with E-state index in [2.05, 4.69) is 22.0 Å². The molecule has 0 unspecified atom stereocenters. The van der Waals surface area contributed by atoms with Gasteiger partial charge in [0.15, 0.2) is 0 Å². The molecule has 1 aromatic carbocycles. The average Bonchev–Trinajstić information content (AvgIpc) is 2.21. The van der Waals surface area contributed by atoms with E-state index in [9.17, 15) is 0 Å². The van der Waals surface area contributed by atoms with Crippen LogP contribution in [-0.4, -0.2) is 0 Å². The van der Waals surface area contributed by atoms with Crippen molar-refractivity contribution >= 4 is 15.9 Å². The summed E-state index contributed by atoms with van der Waals surface area (Å²) in [5, 5.41) is 9.30. The summed E-state index contributed by atoms with van der Waals surface area (Å²) < 4.78 is 0. The van der Waals surface area contributed by atoms with E-state index in [1.165, 1.54) is 0 Å². The molecule has 1 nitrogen and oxygen atoms in total. The van der Waals surface area contributed by atoms with Crippen molar-refractivity contribution in [1.82, 2.24) is 0 Å². The summed E-state index contributed by atoms with van der Waals surface area (Å²) in [6, 6.07) is 9.61. The Morgan fingerprint density at radius 1 is 1.42 bits per heavy atom. The first kappa shape index (κ1) is 11.2. The molecule has 0 spiro atoms. The molecule has 0 aliphatic rings. The summed E-state index contributed by atoms with van der Waals surface area (Å²) >= 11 is 3.31. The topological polar surface area (TPSA) is 23.8 Å². The van der Waals surface area contributed by atoms with E-state index >= 15 is 0 Å². The minimum Gasteiger partial charge on any atom is -0.192 e. The molecule has 0 fully saturated rings. The van der Waals surface area contributed by atoms with E-state index in [0.717, 1.165) is 16.5 Å². The van der Waals surface area contributed by atoms with Crippen LogP contribution in [0, 0.1) is 11.3 Å². The third-order valence-corrected chi connectivity index (χ3v) is 1.86. The molecule has 0 bridgehead atoms. The van der Waals surface area contributed by atoms with Gasteiger partial charge in [0.25, 0.3) is 0 Å². The number of halogens is 1. The summed E-state index contributed by atoms with van der Waals surface area (Å²) in [6.07, 6.45) is 0. The molecule has 0 aliphatic heterocycles. The normalized spacial score (nSPS) is 7.83. The maximum absolute atomic E-state index is 8.49. The highest BCUT2D eigenvalue weighted by atomic mass is 79.9. The van der Waals surface area contributed by atoms with Crippen LogP contribution in [0.25, 0.3) is 0 Å². The number of benzene rings is 1. The molecule has 0 heterocycles. The zero-order valence-corrected chi connectivity index (χ0v) is 8.93. The predicted octanol–water partition coefficient (Wildman–Crippen LogP) is 3.48. The molecule has 2 heteroatoms. The Hall–Kier alpha value is -0.810. The largest absolute Gasteiger partial charge is 0.192 e. The fraction of sp³-hybridized carbons (Fsp3) is 0.300. The van der Waals surface area contributed by atoms with Crippen LogP contribution >= 0.6 is 15.9 Å². The molecule has 1 rings (SSSR count). The lowest BCUT2D eigenvalue weighted by atomic mass is 10.2. The number of nitrogens with zero attached hydrogens (tertiary/aromatic N) is 1. The van der Waals surface area contributed by atoms with Gasteiger partial charge in [-0.2, -0.15) is 5.26 Å². The van der Waals surface area contributed by atoms with Gasteiger partial charge in [0.1, 0.15) is 0 Å². The molecule has 0 saturated heterocycles. The van der Waals surface area contributed by atoms with Gasteiger partial charge in [-0.1, -0.05) is 41.9 Å². The third kappa shape index (κ3) is 3.54. The van der Waals surface area contributed by atoms with Crippen LogP contribution in [0.3, 0.4) is 0 Å². The molecule has 64 valence electrons. The third-order valence-electron chi connectivity index (χ3n) is 1.21. The van der Waals surface area contributed by atoms with Crippen molar-refractivity contribution in [2.24, 2.45) is 0 Å². The highest BCUT2D eigenvalue weighted by Crippen LogP contribution is 2.07. The number of rotatable bonds is 1. The van der Waals surface area contributed by atoms with E-state index < -0.39 is 0 Å². The highest BCUT2D eigenvalue weighted by Gasteiger charge is 1.90. The van der Waals surface area contributed by atoms with Crippen molar-refractivity contribution in [2.45, 2.75) is 19.2 Å². The first-order valence-electron chi connectivity index (χ1n) is 3.92. The molecule has 0 amide bonds. The fourth-order valence-corrected chi connectivity index (χ4v) is 1.07. The number of hydrogen-bond acceptors (Lipinski definition) is 1. The molecule has 0 N–H and O–H groups in total. The van der Waals surface area contributed by atoms with Crippen LogP contribution in [0.15, 0.2) is 24.3 Å². The van der Waals surface area contributed by atoms with Gasteiger partial charge in [0.05, 0.1) is 11.6 Å². The van der Waals surface area contributed by atoms with Crippen molar-refractivity contribution in [3.8, 4) is 6.07 Å². The van der Waals surface area contributed by atoms with E-state index in [1.807, 2.05) is 32.0 Å². The summed E-state index contributed by atoms with van der Waals surface area (Å²) in [5.74, 6) is 0. The van der Waals surface area contributed by atoms with Gasteiger partial charge in [0, 0.05) is 5.33 Å². The molecular formula is C10H12BrN. The fourth-order valence-electron chi connectivity index (χ4n) is 0.724. The van der Waals surface area contributed by atoms with Crippen molar-refractivity contribution < 1.29 is 0 Å². The second-order valence-corrected chi connectivity index (χ2v) is 2.51. The van der Waals surface area contributed by atoms with Gasteiger partial charge in [0.2, 0.25) is 0 Å². The van der Waals surface area contributed by atoms with Gasteiger partial charge in [-0.3, -0.25) is 0 Å². The monoisotopic (exact) mass is 225 g/mol. The van der Waals surface area contributed by atoms with Gasteiger partial charge >= 0.3 is 0 Å². The summed E-state index contributed by atoms with van der Waals surface area (Å²) in [4.78, 5) is 0. The Kier molecular flexibility index (Phi) is 6.41. The molecule has 1 aromatic rings. The number of hydrogen-bond donors (Lipinski definition) is 0. The van der Waals surface area contributed by atoms with Gasteiger partial charge in [-0.05, 0) is 17.7 Å². The van der Waals surface area contributed by atoms with Crippen molar-refractivity contribution in [1.29, 1.82) is 5.26 Å². The molecule has 0 radical (unpaired) electrons. The molecule has 0 atom stereocenters. The second-order valence-electron chi connectivity index (χ2n) is 1.95. The quantitative estimate of drug-likeness (QED) is 0.672. The molecule has 0 aromatic heterocycles. The van der Waals surface area contributed by atoms with E-state index in [4.69, 9.17) is 5.26 Å². The summed E-state index contributed by atoms with van der Waals surface area (Å²) in [7, 11) is 0. The van der Waals surface area contributed by atoms with Crippen molar-refractivity contribution in [2.75, 3.05) is 0 Å². The van der Waals surface area contributed by atoms with Crippen LogP contribution < -0.4 is 0 Å². The van der Waals surface area contributed by atoms with Gasteiger partial charge in [-0.25, -0.2) is 0 Å². The number of nitriles is 1. The van der Waals surface area contributed by atoms with E-state index in [0.29, 0.717) is 0 Å². The number of alkyl halides is 1. The highest BCUT2D eigenvalue weighted by molar-refractivity contribution is 9.08. The molecule has 0 saturated carbocycles. The zero-order chi connectivity index (χ0) is 9.40. The first-order valence-corrected chi connectivity index (χ1v) is 5.04. The smallest absolute Gasteiger partial charge is 0.0991 e. The van der Waals surface area contributed by atoms with Crippen molar-refractivity contribution in [3.63, 3.8) is 0 Å². The average molecular weight is 226 g/mol. The molecule has 12 heavy (non-hydrogen) atoms. The Morgan fingerprint density at radius 2 is 2.08 bits per heavy atom. The molecular weight excluding hydrogens is 214 g/mol. The Bertz CT molecular complexity index is 263. The first-order chi connectivity index (χ1) is 5.86. The Labute approximate surface area is 82.2 Å². The second kappa shape index (κ2) is 6.87. The minimum atomic E-state index is 0.719. The van der Waals surface area contributed by atoms with Crippen LogP contribution in [0.4, 0.5) is 0 Å². The van der Waals surface area contributed by atoms with Crippen molar-refractivity contribution in [3.05, 3.63) is 35.4 Å². The summed E-state index contributed by atoms with van der Waals surface area (Å²) in [6.45, 7) is 4.00. The standard InChI is InChI=1S/C8H6BrN.C2H6/c9-5-7-2-1-3-8(4-7)6-10;1-2/h1-4H,5H2;1-2H3. The minimum absolute atomic E-state index is 0.719. The lowest BCUT2D eigenvalue weighted by molar-refractivity contribution is 1.40. The Morgan fingerprint density at radius 3 is 2.58 bits per heavy atom. The van der Waals surface area contributed by atoms with Gasteiger partial charge < -0.3 is 0 Å². The van der Waals surface area contributed by atoms with Crippen LogP contribution in [0.1, 0.15) is 25.0 Å². The molecule has 0 aliphatic carbocycles. The predicted molar refractivity (Wildman–Crippen MR) is 55.1 cm³/mol.